The maximum Gasteiger partial charge on any atom is 0.166 e. The first-order valence-corrected chi connectivity index (χ1v) is 28.1. The fourth-order valence-electron chi connectivity index (χ4n) is 12.9. The number of nitrogens with zero attached hydrogens (tertiary/aromatic N) is 6. The van der Waals surface area contributed by atoms with Crippen molar-refractivity contribution >= 4 is 87.5 Å². The van der Waals surface area contributed by atoms with E-state index in [1.54, 1.807) is 0 Å². The third-order valence-corrected chi connectivity index (χ3v) is 16.6. The van der Waals surface area contributed by atoms with Gasteiger partial charge in [-0.05, 0) is 94.5 Å². The van der Waals surface area contributed by atoms with Crippen LogP contribution in [0.1, 0.15) is 5.56 Å². The van der Waals surface area contributed by atoms with Crippen LogP contribution in [-0.4, -0.2) is 24.1 Å². The molecule has 0 bridgehead atoms. The van der Waals surface area contributed by atoms with Gasteiger partial charge >= 0.3 is 0 Å². The number of aromatic nitrogens is 5. The Labute approximate surface area is 480 Å². The maximum absolute atomic E-state index is 12.2. The van der Waals surface area contributed by atoms with Gasteiger partial charge in [-0.1, -0.05) is 200 Å². The molecule has 8 nitrogen and oxygen atoms in total. The van der Waals surface area contributed by atoms with E-state index in [-0.39, 0.29) is 0 Å². The molecule has 84 heavy (non-hydrogen) atoms. The molecule has 5 aromatic heterocycles. The molecule has 5 heterocycles. The van der Waals surface area contributed by atoms with E-state index in [9.17, 15) is 5.26 Å². The Morgan fingerprint density at radius 2 is 0.702 bits per heavy atom. The van der Waals surface area contributed by atoms with Crippen LogP contribution in [0.3, 0.4) is 0 Å². The van der Waals surface area contributed by atoms with Gasteiger partial charge in [0.2, 0.25) is 0 Å². The summed E-state index contributed by atoms with van der Waals surface area (Å²) in [5.74, 6) is 1.40. The van der Waals surface area contributed by atoms with Crippen LogP contribution in [0.5, 0.6) is 0 Å². The second-order valence-electron chi connectivity index (χ2n) is 21.3. The summed E-state index contributed by atoms with van der Waals surface area (Å²) in [5.41, 5.74) is 16.9. The summed E-state index contributed by atoms with van der Waals surface area (Å²) >= 11 is 0. The number of hydrogen-bond acceptors (Lipinski definition) is 6. The van der Waals surface area contributed by atoms with Gasteiger partial charge in [0.15, 0.2) is 17.5 Å². The summed E-state index contributed by atoms with van der Waals surface area (Å²) < 4.78 is 18.7. The minimum absolute atomic E-state index is 0.400. The Hall–Kier alpha value is -11.7. The molecule has 17 rings (SSSR count). The Bertz CT molecular complexity index is 5490. The third-order valence-electron chi connectivity index (χ3n) is 16.6. The smallest absolute Gasteiger partial charge is 0.166 e. The molecule has 0 radical (unpaired) electrons. The van der Waals surface area contributed by atoms with Crippen molar-refractivity contribution in [1.29, 1.82) is 5.26 Å². The summed E-state index contributed by atoms with van der Waals surface area (Å²) in [7, 11) is 0. The standard InChI is InChI=1S/C76H44N6O2/c77-45-53-44-60(76-79-74(49-26-12-4-13-27-49)78-75(80-76)50-28-14-5-15-29-50)71(82-62-39-35-52(47-22-8-2-9-23-47)43-59(62)69-64(82)41-37-57-55-31-17-19-33-66(55)84-73(57)69)67(48-24-10-3-11-25-48)70(53)81-61-38-34-51(46-20-6-1-7-21-46)42-58(61)68-63(81)40-36-56-54-30-16-18-32-65(54)83-72(56)68/h1-44H. The highest BCUT2D eigenvalue weighted by atomic mass is 16.3. The number of hydrogen-bond donors (Lipinski definition) is 0. The first-order chi connectivity index (χ1) is 41.6. The van der Waals surface area contributed by atoms with Crippen molar-refractivity contribution in [3.63, 3.8) is 0 Å². The monoisotopic (exact) mass is 1070 g/mol. The third kappa shape index (κ3) is 7.23. The summed E-state index contributed by atoms with van der Waals surface area (Å²) in [6, 6.07) is 94.9. The molecule has 8 heteroatoms. The predicted octanol–water partition coefficient (Wildman–Crippen LogP) is 19.7. The topological polar surface area (TPSA) is 98.6 Å². The second-order valence-corrected chi connectivity index (χ2v) is 21.3. The van der Waals surface area contributed by atoms with Crippen molar-refractivity contribution in [2.24, 2.45) is 0 Å². The minimum atomic E-state index is 0.400. The van der Waals surface area contributed by atoms with Crippen LogP contribution < -0.4 is 0 Å². The van der Waals surface area contributed by atoms with Crippen molar-refractivity contribution in [2.45, 2.75) is 0 Å². The average Bonchev–Trinajstić information content (AvgIpc) is 1.93. The molecule has 12 aromatic carbocycles. The molecule has 0 aliphatic heterocycles. The van der Waals surface area contributed by atoms with Crippen molar-refractivity contribution in [3.05, 3.63) is 272 Å². The van der Waals surface area contributed by atoms with Crippen LogP contribution in [-0.2, 0) is 0 Å². The highest BCUT2D eigenvalue weighted by molar-refractivity contribution is 6.26. The van der Waals surface area contributed by atoms with E-state index in [0.717, 1.165) is 138 Å². The zero-order valence-electron chi connectivity index (χ0n) is 44.9. The molecule has 0 saturated heterocycles. The molecular formula is C76H44N6O2. The van der Waals surface area contributed by atoms with E-state index < -0.39 is 0 Å². The number of benzene rings is 12. The lowest BCUT2D eigenvalue weighted by Crippen LogP contribution is -2.10. The zero-order chi connectivity index (χ0) is 55.4. The summed E-state index contributed by atoms with van der Waals surface area (Å²) in [6.45, 7) is 0. The molecule has 0 atom stereocenters. The van der Waals surface area contributed by atoms with Gasteiger partial charge in [-0.2, -0.15) is 5.26 Å². The zero-order valence-corrected chi connectivity index (χ0v) is 44.9. The van der Waals surface area contributed by atoms with Crippen molar-refractivity contribution in [2.75, 3.05) is 0 Å². The number of rotatable bonds is 8. The van der Waals surface area contributed by atoms with E-state index >= 15 is 0 Å². The Morgan fingerprint density at radius 3 is 1.17 bits per heavy atom. The van der Waals surface area contributed by atoms with Crippen LogP contribution in [0, 0.1) is 11.3 Å². The van der Waals surface area contributed by atoms with E-state index in [0.29, 0.717) is 34.3 Å². The highest BCUT2D eigenvalue weighted by Gasteiger charge is 2.31. The molecular weight excluding hydrogens is 1030 g/mol. The van der Waals surface area contributed by atoms with Gasteiger partial charge in [0.05, 0.1) is 49.8 Å². The first kappa shape index (κ1) is 47.2. The molecule has 0 unspecified atom stereocenters. The fraction of sp³-hybridized carbons (Fsp3) is 0. The molecule has 17 aromatic rings. The molecule has 0 saturated carbocycles. The van der Waals surface area contributed by atoms with Gasteiger partial charge in [0, 0.05) is 54.6 Å². The molecule has 0 aliphatic rings. The van der Waals surface area contributed by atoms with Gasteiger partial charge in [-0.25, -0.2) is 15.0 Å². The highest BCUT2D eigenvalue weighted by Crippen LogP contribution is 2.51. The maximum atomic E-state index is 12.2. The SMILES string of the molecule is N#Cc1cc(-c2nc(-c3ccccc3)nc(-c3ccccc3)n2)c(-n2c3ccc(-c4ccccc4)cc3c3c4oc5ccccc5c4ccc32)c(-c2ccccc2)c1-n1c2ccc(-c3ccccc3)cc2c2c3oc4ccccc4c3ccc21. The van der Waals surface area contributed by atoms with E-state index in [1.807, 2.05) is 109 Å². The van der Waals surface area contributed by atoms with E-state index in [2.05, 4.69) is 173 Å². The normalized spacial score (nSPS) is 11.8. The lowest BCUT2D eigenvalue weighted by atomic mass is 9.93. The van der Waals surface area contributed by atoms with Gasteiger partial charge < -0.3 is 18.0 Å². The van der Waals surface area contributed by atoms with Gasteiger partial charge in [-0.15, -0.1) is 0 Å². The summed E-state index contributed by atoms with van der Waals surface area (Å²) in [6.07, 6.45) is 0. The fourth-order valence-corrected chi connectivity index (χ4v) is 12.9. The molecule has 0 aliphatic carbocycles. The Balaban J connectivity index is 1.09. The van der Waals surface area contributed by atoms with Crippen LogP contribution in [0.2, 0.25) is 0 Å². The van der Waals surface area contributed by atoms with E-state index in [4.69, 9.17) is 23.8 Å². The predicted molar refractivity (Wildman–Crippen MR) is 340 cm³/mol. The molecule has 0 N–H and O–H groups in total. The van der Waals surface area contributed by atoms with Crippen LogP contribution >= 0.6 is 0 Å². The van der Waals surface area contributed by atoms with E-state index in [1.165, 1.54) is 0 Å². The molecule has 0 spiro atoms. The van der Waals surface area contributed by atoms with Crippen LogP contribution in [0.25, 0.3) is 166 Å². The van der Waals surface area contributed by atoms with Gasteiger partial charge in [0.25, 0.3) is 0 Å². The quantitative estimate of drug-likeness (QED) is 0.150. The van der Waals surface area contributed by atoms with Crippen molar-refractivity contribution in [1.82, 2.24) is 24.1 Å². The number of fused-ring (bicyclic) bond motifs is 14. The minimum Gasteiger partial charge on any atom is -0.455 e. The molecule has 0 amide bonds. The number of furan rings is 2. The second kappa shape index (κ2) is 18.7. The Morgan fingerprint density at radius 1 is 0.310 bits per heavy atom. The summed E-state index contributed by atoms with van der Waals surface area (Å²) in [5, 5.41) is 20.1. The Kier molecular flexibility index (Phi) is 10.5. The van der Waals surface area contributed by atoms with Gasteiger partial charge in [-0.3, -0.25) is 0 Å². The lowest BCUT2D eigenvalue weighted by molar-refractivity contribution is 0.672. The molecule has 390 valence electrons. The first-order valence-electron chi connectivity index (χ1n) is 28.1. The largest absolute Gasteiger partial charge is 0.455 e. The van der Waals surface area contributed by atoms with Crippen LogP contribution in [0.4, 0.5) is 0 Å². The van der Waals surface area contributed by atoms with Crippen LogP contribution in [0.15, 0.2) is 276 Å². The number of nitriles is 1. The number of para-hydroxylation sites is 2. The molecule has 0 fully saturated rings. The lowest BCUT2D eigenvalue weighted by Gasteiger charge is -2.24. The van der Waals surface area contributed by atoms with Crippen molar-refractivity contribution in [3.8, 4) is 85.0 Å². The average molecular weight is 1070 g/mol. The van der Waals surface area contributed by atoms with Gasteiger partial charge in [0.1, 0.15) is 28.4 Å². The summed E-state index contributed by atoms with van der Waals surface area (Å²) in [4.78, 5) is 16.1. The van der Waals surface area contributed by atoms with Crippen molar-refractivity contribution < 1.29 is 8.83 Å².